The standard InChI is InChI=1S/C17H29N3O/c1-3-20(4-2)16-9-8-15(12-18-16)19-13-17(14-21)10-6-5-7-11-17/h8-9,12,19,21H,3-7,10-11,13-14H2,1-2H3. The number of rotatable bonds is 7. The fourth-order valence-electron chi connectivity index (χ4n) is 3.21. The first-order chi connectivity index (χ1) is 10.2. The van der Waals surface area contributed by atoms with E-state index >= 15 is 0 Å². The van der Waals surface area contributed by atoms with Crippen LogP contribution in [0.15, 0.2) is 18.3 Å². The summed E-state index contributed by atoms with van der Waals surface area (Å²) < 4.78 is 0. The molecule has 2 N–H and O–H groups in total. The van der Waals surface area contributed by atoms with Crippen LogP contribution in [-0.4, -0.2) is 36.3 Å². The molecule has 0 atom stereocenters. The topological polar surface area (TPSA) is 48.4 Å². The molecule has 1 heterocycles. The Bertz CT molecular complexity index is 409. The summed E-state index contributed by atoms with van der Waals surface area (Å²) in [4.78, 5) is 6.77. The summed E-state index contributed by atoms with van der Waals surface area (Å²) in [7, 11) is 0. The molecule has 0 radical (unpaired) electrons. The highest BCUT2D eigenvalue weighted by atomic mass is 16.3. The fourth-order valence-corrected chi connectivity index (χ4v) is 3.21. The van der Waals surface area contributed by atoms with Crippen molar-refractivity contribution >= 4 is 11.5 Å². The molecule has 0 spiro atoms. The average Bonchev–Trinajstić information content (AvgIpc) is 2.56. The van der Waals surface area contributed by atoms with Crippen molar-refractivity contribution in [3.63, 3.8) is 0 Å². The molecule has 0 bridgehead atoms. The molecule has 0 amide bonds. The van der Waals surface area contributed by atoms with Crippen LogP contribution in [0.5, 0.6) is 0 Å². The van der Waals surface area contributed by atoms with Gasteiger partial charge in [0.2, 0.25) is 0 Å². The van der Waals surface area contributed by atoms with Crippen LogP contribution in [0, 0.1) is 5.41 Å². The van der Waals surface area contributed by atoms with Gasteiger partial charge in [0, 0.05) is 25.0 Å². The van der Waals surface area contributed by atoms with Crippen molar-refractivity contribution in [2.75, 3.05) is 36.5 Å². The van der Waals surface area contributed by atoms with E-state index in [4.69, 9.17) is 0 Å². The first-order valence-electron chi connectivity index (χ1n) is 8.29. The second-order valence-electron chi connectivity index (χ2n) is 6.15. The number of nitrogens with zero attached hydrogens (tertiary/aromatic N) is 2. The second-order valence-corrected chi connectivity index (χ2v) is 6.15. The van der Waals surface area contributed by atoms with E-state index in [-0.39, 0.29) is 12.0 Å². The molecule has 1 saturated carbocycles. The van der Waals surface area contributed by atoms with Gasteiger partial charge >= 0.3 is 0 Å². The van der Waals surface area contributed by atoms with Gasteiger partial charge in [-0.3, -0.25) is 0 Å². The smallest absolute Gasteiger partial charge is 0.128 e. The van der Waals surface area contributed by atoms with Crippen LogP contribution in [-0.2, 0) is 0 Å². The van der Waals surface area contributed by atoms with Gasteiger partial charge in [0.1, 0.15) is 5.82 Å². The summed E-state index contributed by atoms with van der Waals surface area (Å²) in [5.41, 5.74) is 1.11. The second kappa shape index (κ2) is 7.64. The average molecular weight is 291 g/mol. The van der Waals surface area contributed by atoms with E-state index in [2.05, 4.69) is 41.2 Å². The fraction of sp³-hybridized carbons (Fsp3) is 0.706. The summed E-state index contributed by atoms with van der Waals surface area (Å²) in [5, 5.41) is 13.2. The van der Waals surface area contributed by atoms with Gasteiger partial charge in [-0.2, -0.15) is 0 Å². The molecular weight excluding hydrogens is 262 g/mol. The van der Waals surface area contributed by atoms with Crippen molar-refractivity contribution in [2.24, 2.45) is 5.41 Å². The first-order valence-corrected chi connectivity index (χ1v) is 8.29. The molecule has 0 unspecified atom stereocenters. The van der Waals surface area contributed by atoms with Crippen molar-refractivity contribution in [2.45, 2.75) is 46.0 Å². The highest BCUT2D eigenvalue weighted by Gasteiger charge is 2.31. The first kappa shape index (κ1) is 16.1. The number of pyridine rings is 1. The predicted octanol–water partition coefficient (Wildman–Crippen LogP) is 3.28. The molecule has 4 heteroatoms. The maximum absolute atomic E-state index is 9.74. The highest BCUT2D eigenvalue weighted by molar-refractivity contribution is 5.48. The summed E-state index contributed by atoms with van der Waals surface area (Å²) in [6, 6.07) is 4.16. The van der Waals surface area contributed by atoms with Crippen LogP contribution >= 0.6 is 0 Å². The van der Waals surface area contributed by atoms with Gasteiger partial charge in [-0.25, -0.2) is 4.98 Å². The SMILES string of the molecule is CCN(CC)c1ccc(NCC2(CO)CCCCC2)cn1. The minimum atomic E-state index is 0.0653. The van der Waals surface area contributed by atoms with E-state index in [0.717, 1.165) is 44.0 Å². The molecule has 1 aliphatic carbocycles. The quantitative estimate of drug-likeness (QED) is 0.809. The molecule has 0 aromatic carbocycles. The van der Waals surface area contributed by atoms with Crippen LogP contribution in [0.1, 0.15) is 46.0 Å². The zero-order chi connectivity index (χ0) is 15.1. The molecule has 1 fully saturated rings. The third-order valence-corrected chi connectivity index (χ3v) is 4.75. The lowest BCUT2D eigenvalue weighted by Crippen LogP contribution is -2.35. The van der Waals surface area contributed by atoms with E-state index in [1.54, 1.807) is 0 Å². The van der Waals surface area contributed by atoms with Crippen molar-refractivity contribution in [3.05, 3.63) is 18.3 Å². The Labute approximate surface area is 128 Å². The Morgan fingerprint density at radius 2 is 1.90 bits per heavy atom. The third-order valence-electron chi connectivity index (χ3n) is 4.75. The maximum atomic E-state index is 9.74. The molecule has 0 aliphatic heterocycles. The van der Waals surface area contributed by atoms with Crippen LogP contribution in [0.2, 0.25) is 0 Å². The number of aromatic nitrogens is 1. The van der Waals surface area contributed by atoms with Gasteiger partial charge in [-0.15, -0.1) is 0 Å². The molecule has 21 heavy (non-hydrogen) atoms. The van der Waals surface area contributed by atoms with Crippen LogP contribution in [0.25, 0.3) is 0 Å². The highest BCUT2D eigenvalue weighted by Crippen LogP contribution is 2.36. The number of hydrogen-bond donors (Lipinski definition) is 2. The van der Waals surface area contributed by atoms with Crippen molar-refractivity contribution in [1.29, 1.82) is 0 Å². The Balaban J connectivity index is 1.93. The Hall–Kier alpha value is -1.29. The Kier molecular flexibility index (Phi) is 5.85. The monoisotopic (exact) mass is 291 g/mol. The van der Waals surface area contributed by atoms with E-state index < -0.39 is 0 Å². The summed E-state index contributed by atoms with van der Waals surface area (Å²) in [6.45, 7) is 7.37. The number of nitrogens with one attached hydrogen (secondary N) is 1. The Morgan fingerprint density at radius 3 is 2.43 bits per heavy atom. The molecule has 2 rings (SSSR count). The lowest BCUT2D eigenvalue weighted by Gasteiger charge is -2.36. The van der Waals surface area contributed by atoms with Gasteiger partial charge in [0.25, 0.3) is 0 Å². The number of aliphatic hydroxyl groups excluding tert-OH is 1. The van der Waals surface area contributed by atoms with Gasteiger partial charge in [-0.1, -0.05) is 19.3 Å². The minimum Gasteiger partial charge on any atom is -0.396 e. The van der Waals surface area contributed by atoms with Gasteiger partial charge in [0.05, 0.1) is 18.5 Å². The molecule has 118 valence electrons. The lowest BCUT2D eigenvalue weighted by molar-refractivity contribution is 0.0944. The van der Waals surface area contributed by atoms with E-state index in [0.29, 0.717) is 0 Å². The predicted molar refractivity (Wildman–Crippen MR) is 88.9 cm³/mol. The summed E-state index contributed by atoms with van der Waals surface area (Å²) in [5.74, 6) is 1.03. The molecule has 0 saturated heterocycles. The van der Waals surface area contributed by atoms with Crippen LogP contribution in [0.4, 0.5) is 11.5 Å². The normalized spacial score (nSPS) is 17.5. The van der Waals surface area contributed by atoms with E-state index in [9.17, 15) is 5.11 Å². The zero-order valence-electron chi connectivity index (χ0n) is 13.4. The Morgan fingerprint density at radius 1 is 1.19 bits per heavy atom. The largest absolute Gasteiger partial charge is 0.396 e. The van der Waals surface area contributed by atoms with E-state index in [1.807, 2.05) is 6.20 Å². The number of anilines is 2. The van der Waals surface area contributed by atoms with Crippen LogP contribution in [0.3, 0.4) is 0 Å². The molecule has 4 nitrogen and oxygen atoms in total. The van der Waals surface area contributed by atoms with Crippen molar-refractivity contribution in [3.8, 4) is 0 Å². The minimum absolute atomic E-state index is 0.0653. The van der Waals surface area contributed by atoms with Gasteiger partial charge in [-0.05, 0) is 38.8 Å². The third kappa shape index (κ3) is 4.10. The summed E-state index contributed by atoms with van der Waals surface area (Å²) >= 11 is 0. The number of aliphatic hydroxyl groups is 1. The van der Waals surface area contributed by atoms with E-state index in [1.165, 1.54) is 19.3 Å². The number of hydrogen-bond acceptors (Lipinski definition) is 4. The zero-order valence-corrected chi connectivity index (χ0v) is 13.4. The van der Waals surface area contributed by atoms with Crippen molar-refractivity contribution < 1.29 is 5.11 Å². The lowest BCUT2D eigenvalue weighted by atomic mass is 9.74. The van der Waals surface area contributed by atoms with Crippen LogP contribution < -0.4 is 10.2 Å². The molecule has 1 aliphatic rings. The van der Waals surface area contributed by atoms with Crippen molar-refractivity contribution in [1.82, 2.24) is 4.98 Å². The molecule has 1 aromatic heterocycles. The van der Waals surface area contributed by atoms with Gasteiger partial charge in [0.15, 0.2) is 0 Å². The summed E-state index contributed by atoms with van der Waals surface area (Å²) in [6.07, 6.45) is 7.94. The maximum Gasteiger partial charge on any atom is 0.128 e. The molecule has 1 aromatic rings. The molecular formula is C17H29N3O. The van der Waals surface area contributed by atoms with Gasteiger partial charge < -0.3 is 15.3 Å².